The molecule has 0 bridgehead atoms. The zero-order chi connectivity index (χ0) is 13.7. The van der Waals surface area contributed by atoms with Crippen LogP contribution in [0.5, 0.6) is 0 Å². The molecule has 1 aliphatic rings. The Balaban J connectivity index is 1.97. The second kappa shape index (κ2) is 7.20. The summed E-state index contributed by atoms with van der Waals surface area (Å²) in [5.41, 5.74) is 0. The Kier molecular flexibility index (Phi) is 5.58. The van der Waals surface area contributed by atoms with Gasteiger partial charge in [0.05, 0.1) is 6.20 Å². The molecule has 1 aliphatic carbocycles. The van der Waals surface area contributed by atoms with E-state index in [4.69, 9.17) is 11.6 Å². The Bertz CT molecular complexity index is 416. The van der Waals surface area contributed by atoms with E-state index < -0.39 is 0 Å². The summed E-state index contributed by atoms with van der Waals surface area (Å²) in [6.07, 6.45) is 5.31. The Morgan fingerprint density at radius 3 is 3.00 bits per heavy atom. The number of aromatic nitrogens is 2. The predicted molar refractivity (Wildman–Crippen MR) is 84.4 cm³/mol. The van der Waals surface area contributed by atoms with Gasteiger partial charge in [0, 0.05) is 17.8 Å². The highest BCUT2D eigenvalue weighted by atomic mass is 35.5. The summed E-state index contributed by atoms with van der Waals surface area (Å²) in [5.74, 6) is 2.57. The topological polar surface area (TPSA) is 49.8 Å². The molecule has 1 heterocycles. The van der Waals surface area contributed by atoms with Crippen molar-refractivity contribution in [3.63, 3.8) is 0 Å². The highest BCUT2D eigenvalue weighted by molar-refractivity contribution is 7.99. The van der Waals surface area contributed by atoms with Gasteiger partial charge in [-0.2, -0.15) is 16.7 Å². The van der Waals surface area contributed by atoms with Crippen LogP contribution in [0.25, 0.3) is 0 Å². The van der Waals surface area contributed by atoms with Crippen molar-refractivity contribution < 1.29 is 0 Å². The maximum absolute atomic E-state index is 6.15. The molecule has 1 fully saturated rings. The Hall–Kier alpha value is -0.680. The first-order valence-corrected chi connectivity index (χ1v) is 8.30. The Labute approximate surface area is 124 Å². The second-order valence-electron chi connectivity index (χ2n) is 4.65. The van der Waals surface area contributed by atoms with Crippen molar-refractivity contribution in [1.82, 2.24) is 9.97 Å². The van der Waals surface area contributed by atoms with Gasteiger partial charge in [-0.15, -0.1) is 0 Å². The molecule has 2 unspecified atom stereocenters. The molecule has 2 rings (SSSR count). The lowest BCUT2D eigenvalue weighted by atomic mass is 10.2. The predicted octanol–water partition coefficient (Wildman–Crippen LogP) is 3.65. The summed E-state index contributed by atoms with van der Waals surface area (Å²) >= 11 is 8.20. The fourth-order valence-corrected chi connectivity index (χ4v) is 3.65. The molecular weight excluding hydrogens is 280 g/mol. The summed E-state index contributed by atoms with van der Waals surface area (Å²) in [6, 6.07) is 0.478. The fraction of sp³-hybridized carbons (Fsp3) is 0.692. The monoisotopic (exact) mass is 300 g/mol. The molecule has 4 nitrogen and oxygen atoms in total. The number of rotatable bonds is 6. The van der Waals surface area contributed by atoms with Gasteiger partial charge < -0.3 is 10.6 Å². The number of hydrogen-bond donors (Lipinski definition) is 2. The van der Waals surface area contributed by atoms with E-state index in [1.807, 2.05) is 6.92 Å². The van der Waals surface area contributed by atoms with Gasteiger partial charge in [-0.1, -0.05) is 18.5 Å². The smallest absolute Gasteiger partial charge is 0.224 e. The first-order valence-electron chi connectivity index (χ1n) is 6.87. The fourth-order valence-electron chi connectivity index (χ4n) is 2.36. The maximum Gasteiger partial charge on any atom is 0.224 e. The maximum atomic E-state index is 6.15. The van der Waals surface area contributed by atoms with E-state index in [1.165, 1.54) is 25.0 Å². The Morgan fingerprint density at radius 1 is 1.42 bits per heavy atom. The third kappa shape index (κ3) is 4.14. The molecule has 0 radical (unpaired) electrons. The molecule has 1 aromatic heterocycles. The van der Waals surface area contributed by atoms with Crippen molar-refractivity contribution in [1.29, 1.82) is 0 Å². The van der Waals surface area contributed by atoms with Crippen molar-refractivity contribution in [3.05, 3.63) is 11.2 Å². The van der Waals surface area contributed by atoms with E-state index in [0.717, 1.165) is 17.6 Å². The third-order valence-electron chi connectivity index (χ3n) is 3.21. The minimum absolute atomic E-state index is 0.478. The average molecular weight is 301 g/mol. The number of thioether (sulfide) groups is 1. The first kappa shape index (κ1) is 14.7. The molecule has 0 aliphatic heterocycles. The lowest BCUT2D eigenvalue weighted by molar-refractivity contribution is 0.751. The molecule has 0 saturated heterocycles. The van der Waals surface area contributed by atoms with Crippen LogP contribution in [0.4, 0.5) is 11.8 Å². The van der Waals surface area contributed by atoms with Crippen molar-refractivity contribution in [2.75, 3.05) is 22.9 Å². The van der Waals surface area contributed by atoms with Crippen LogP contribution in [0, 0.1) is 0 Å². The number of halogens is 1. The molecule has 0 amide bonds. The summed E-state index contributed by atoms with van der Waals surface area (Å²) in [7, 11) is 0. The van der Waals surface area contributed by atoms with E-state index in [-0.39, 0.29) is 0 Å². The van der Waals surface area contributed by atoms with E-state index in [9.17, 15) is 0 Å². The van der Waals surface area contributed by atoms with Crippen LogP contribution in [0.2, 0.25) is 5.02 Å². The van der Waals surface area contributed by atoms with Crippen molar-refractivity contribution in [2.24, 2.45) is 0 Å². The molecule has 0 spiro atoms. The molecule has 2 N–H and O–H groups in total. The number of nitrogens with zero attached hydrogens (tertiary/aromatic N) is 2. The third-order valence-corrected chi connectivity index (χ3v) is 4.72. The van der Waals surface area contributed by atoms with Crippen LogP contribution in [0.1, 0.15) is 33.1 Å². The molecule has 0 aromatic carbocycles. The standard InChI is InChI=1S/C13H21ClN4S/c1-3-15-13-16-8-11(14)12(18-13)17-9-5-6-10(7-9)19-4-2/h8-10H,3-7H2,1-2H3,(H2,15,16,17,18). The highest BCUT2D eigenvalue weighted by Crippen LogP contribution is 2.32. The van der Waals surface area contributed by atoms with Gasteiger partial charge >= 0.3 is 0 Å². The molecule has 106 valence electrons. The lowest BCUT2D eigenvalue weighted by Crippen LogP contribution is -2.18. The lowest BCUT2D eigenvalue weighted by Gasteiger charge is -2.15. The molecule has 19 heavy (non-hydrogen) atoms. The summed E-state index contributed by atoms with van der Waals surface area (Å²) < 4.78 is 0. The number of nitrogens with one attached hydrogen (secondary N) is 2. The van der Waals surface area contributed by atoms with Gasteiger partial charge in [0.25, 0.3) is 0 Å². The van der Waals surface area contributed by atoms with Crippen LogP contribution < -0.4 is 10.6 Å². The van der Waals surface area contributed by atoms with E-state index in [0.29, 0.717) is 17.0 Å². The van der Waals surface area contributed by atoms with Gasteiger partial charge in [0.1, 0.15) is 5.02 Å². The summed E-state index contributed by atoms with van der Waals surface area (Å²) in [4.78, 5) is 8.57. The number of anilines is 2. The molecule has 1 saturated carbocycles. The molecular formula is C13H21ClN4S. The minimum Gasteiger partial charge on any atom is -0.366 e. The SMILES string of the molecule is CCNc1ncc(Cl)c(NC2CCC(SCC)C2)n1. The van der Waals surface area contributed by atoms with Gasteiger partial charge in [-0.3, -0.25) is 0 Å². The van der Waals surface area contributed by atoms with Crippen molar-refractivity contribution >= 4 is 35.1 Å². The zero-order valence-corrected chi connectivity index (χ0v) is 13.0. The minimum atomic E-state index is 0.478. The van der Waals surface area contributed by atoms with Gasteiger partial charge in [0.2, 0.25) is 5.95 Å². The first-order chi connectivity index (χ1) is 9.22. The van der Waals surface area contributed by atoms with Crippen LogP contribution in [-0.2, 0) is 0 Å². The quantitative estimate of drug-likeness (QED) is 0.840. The molecule has 1 aromatic rings. The van der Waals surface area contributed by atoms with E-state index in [1.54, 1.807) is 6.20 Å². The van der Waals surface area contributed by atoms with E-state index >= 15 is 0 Å². The highest BCUT2D eigenvalue weighted by Gasteiger charge is 2.25. The second-order valence-corrected chi connectivity index (χ2v) is 6.64. The van der Waals surface area contributed by atoms with Crippen LogP contribution in [0.3, 0.4) is 0 Å². The van der Waals surface area contributed by atoms with Gasteiger partial charge in [-0.25, -0.2) is 4.98 Å². The van der Waals surface area contributed by atoms with Crippen molar-refractivity contribution in [2.45, 2.75) is 44.4 Å². The average Bonchev–Trinajstić information content (AvgIpc) is 2.82. The zero-order valence-electron chi connectivity index (χ0n) is 11.4. The normalized spacial score (nSPS) is 22.5. The number of hydrogen-bond acceptors (Lipinski definition) is 5. The van der Waals surface area contributed by atoms with Crippen LogP contribution >= 0.6 is 23.4 Å². The van der Waals surface area contributed by atoms with Crippen molar-refractivity contribution in [3.8, 4) is 0 Å². The summed E-state index contributed by atoms with van der Waals surface area (Å²) in [6.45, 7) is 5.05. The Morgan fingerprint density at radius 2 is 2.26 bits per heavy atom. The largest absolute Gasteiger partial charge is 0.366 e. The summed E-state index contributed by atoms with van der Waals surface area (Å²) in [5, 5.41) is 7.93. The van der Waals surface area contributed by atoms with Gasteiger partial charge in [-0.05, 0) is 31.9 Å². The van der Waals surface area contributed by atoms with E-state index in [2.05, 4.69) is 39.3 Å². The molecule has 6 heteroatoms. The molecule has 2 atom stereocenters. The van der Waals surface area contributed by atoms with Gasteiger partial charge in [0.15, 0.2) is 5.82 Å². The van der Waals surface area contributed by atoms with Crippen LogP contribution in [0.15, 0.2) is 6.20 Å². The van der Waals surface area contributed by atoms with Crippen LogP contribution in [-0.4, -0.2) is 33.6 Å².